The number of hydrogen-bond acceptors (Lipinski definition) is 3. The summed E-state index contributed by atoms with van der Waals surface area (Å²) < 4.78 is 5.28. The normalized spacial score (nSPS) is 12.1. The second-order valence-electron chi connectivity index (χ2n) is 4.71. The lowest BCUT2D eigenvalue weighted by Gasteiger charge is -2.05. The van der Waals surface area contributed by atoms with Crippen LogP contribution in [0.25, 0.3) is 0 Å². The van der Waals surface area contributed by atoms with Crippen molar-refractivity contribution in [3.63, 3.8) is 0 Å². The first kappa shape index (κ1) is 15.5. The molecule has 0 bridgehead atoms. The quantitative estimate of drug-likeness (QED) is 0.431. The smallest absolute Gasteiger partial charge is 0.189 e. The average molecular weight is 266 g/mol. The Kier molecular flexibility index (Phi) is 7.00. The molecular formula is C14H26N4O. The van der Waals surface area contributed by atoms with Crippen molar-refractivity contribution in [2.24, 2.45) is 10.7 Å². The van der Waals surface area contributed by atoms with Gasteiger partial charge in [0.2, 0.25) is 0 Å². The van der Waals surface area contributed by atoms with Crippen molar-refractivity contribution in [1.29, 1.82) is 0 Å². The summed E-state index contributed by atoms with van der Waals surface area (Å²) in [5, 5.41) is 7.18. The number of nitrogens with zero attached hydrogens (tertiary/aromatic N) is 2. The Hall–Kier alpha value is -1.52. The molecule has 5 nitrogen and oxygen atoms in total. The fraction of sp³-hybridized carbons (Fsp3) is 0.714. The van der Waals surface area contributed by atoms with Crippen LogP contribution < -0.4 is 11.1 Å². The predicted molar refractivity (Wildman–Crippen MR) is 78.1 cm³/mol. The Morgan fingerprint density at radius 3 is 2.79 bits per heavy atom. The first-order valence-corrected chi connectivity index (χ1v) is 7.20. The van der Waals surface area contributed by atoms with Crippen LogP contribution in [0.2, 0.25) is 0 Å². The molecule has 0 spiro atoms. The number of nitrogens with two attached hydrogens (primary N) is 1. The molecule has 0 saturated carbocycles. The van der Waals surface area contributed by atoms with Crippen LogP contribution >= 0.6 is 0 Å². The van der Waals surface area contributed by atoms with Crippen LogP contribution in [0, 0.1) is 0 Å². The Labute approximate surface area is 115 Å². The molecule has 1 aromatic rings. The van der Waals surface area contributed by atoms with Gasteiger partial charge in [0.05, 0.1) is 5.69 Å². The van der Waals surface area contributed by atoms with Gasteiger partial charge >= 0.3 is 0 Å². The van der Waals surface area contributed by atoms with Gasteiger partial charge in [0.15, 0.2) is 11.7 Å². The highest BCUT2D eigenvalue weighted by atomic mass is 16.5. The lowest BCUT2D eigenvalue weighted by atomic mass is 9.99. The van der Waals surface area contributed by atoms with Crippen LogP contribution in [0.3, 0.4) is 0 Å². The minimum atomic E-state index is 0.443. The van der Waals surface area contributed by atoms with E-state index in [1.54, 1.807) is 0 Å². The Bertz CT molecular complexity index is 383. The summed E-state index contributed by atoms with van der Waals surface area (Å²) in [6.07, 6.45) is 4.39. The number of nitrogens with one attached hydrogen (secondary N) is 1. The van der Waals surface area contributed by atoms with E-state index in [0.29, 0.717) is 18.4 Å². The van der Waals surface area contributed by atoms with Crippen LogP contribution in [0.1, 0.15) is 63.8 Å². The van der Waals surface area contributed by atoms with Crippen LogP contribution in [-0.2, 0) is 6.54 Å². The van der Waals surface area contributed by atoms with Crippen LogP contribution in [-0.4, -0.2) is 17.7 Å². The second-order valence-corrected chi connectivity index (χ2v) is 4.71. The predicted octanol–water partition coefficient (Wildman–Crippen LogP) is 2.78. The number of aromatic nitrogens is 1. The summed E-state index contributed by atoms with van der Waals surface area (Å²) >= 11 is 0. The zero-order valence-electron chi connectivity index (χ0n) is 12.3. The first-order valence-electron chi connectivity index (χ1n) is 7.20. The lowest BCUT2D eigenvalue weighted by Crippen LogP contribution is -2.32. The summed E-state index contributed by atoms with van der Waals surface area (Å²) in [6, 6.07) is 1.99. The maximum atomic E-state index is 5.76. The molecule has 0 aromatic carbocycles. The van der Waals surface area contributed by atoms with Crippen molar-refractivity contribution in [2.45, 2.75) is 58.9 Å². The highest BCUT2D eigenvalue weighted by Gasteiger charge is 2.12. The molecule has 19 heavy (non-hydrogen) atoms. The molecule has 1 heterocycles. The van der Waals surface area contributed by atoms with E-state index >= 15 is 0 Å². The molecule has 0 aliphatic carbocycles. The molecule has 0 aliphatic rings. The van der Waals surface area contributed by atoms with Gasteiger partial charge in [-0.05, 0) is 19.3 Å². The molecule has 0 amide bonds. The van der Waals surface area contributed by atoms with E-state index in [9.17, 15) is 0 Å². The fourth-order valence-electron chi connectivity index (χ4n) is 1.92. The maximum Gasteiger partial charge on any atom is 0.189 e. The summed E-state index contributed by atoms with van der Waals surface area (Å²) in [5.41, 5.74) is 6.78. The van der Waals surface area contributed by atoms with E-state index in [2.05, 4.69) is 36.2 Å². The molecular weight excluding hydrogens is 240 g/mol. The molecule has 1 rings (SSSR count). The van der Waals surface area contributed by atoms with Gasteiger partial charge < -0.3 is 15.6 Å². The molecule has 0 unspecified atom stereocenters. The number of aliphatic imine (C=N–C) groups is 1. The van der Waals surface area contributed by atoms with Gasteiger partial charge in [-0.2, -0.15) is 0 Å². The third-order valence-electron chi connectivity index (χ3n) is 3.22. The van der Waals surface area contributed by atoms with Gasteiger partial charge in [0, 0.05) is 18.5 Å². The van der Waals surface area contributed by atoms with Crippen molar-refractivity contribution in [1.82, 2.24) is 10.5 Å². The molecule has 5 heteroatoms. The van der Waals surface area contributed by atoms with Crippen LogP contribution in [0.4, 0.5) is 0 Å². The van der Waals surface area contributed by atoms with Gasteiger partial charge in [-0.3, -0.25) is 0 Å². The Balaban J connectivity index is 2.47. The largest absolute Gasteiger partial charge is 0.370 e. The topological polar surface area (TPSA) is 76.4 Å². The van der Waals surface area contributed by atoms with Crippen molar-refractivity contribution in [2.75, 3.05) is 6.54 Å². The number of rotatable bonds is 8. The van der Waals surface area contributed by atoms with Gasteiger partial charge in [0.25, 0.3) is 0 Å². The average Bonchev–Trinajstić information content (AvgIpc) is 2.87. The number of unbranched alkanes of at least 4 members (excludes halogenated alkanes) is 1. The van der Waals surface area contributed by atoms with Crippen molar-refractivity contribution >= 4 is 5.96 Å². The van der Waals surface area contributed by atoms with Gasteiger partial charge in [-0.25, -0.2) is 4.99 Å². The van der Waals surface area contributed by atoms with E-state index in [0.717, 1.165) is 43.7 Å². The number of hydrogen-bond donors (Lipinski definition) is 2. The second kappa shape index (κ2) is 8.56. The Morgan fingerprint density at radius 1 is 1.42 bits per heavy atom. The van der Waals surface area contributed by atoms with Crippen molar-refractivity contribution < 1.29 is 4.52 Å². The monoisotopic (exact) mass is 266 g/mol. The molecule has 108 valence electrons. The van der Waals surface area contributed by atoms with Gasteiger partial charge in [-0.1, -0.05) is 32.3 Å². The van der Waals surface area contributed by atoms with Gasteiger partial charge in [0.1, 0.15) is 6.54 Å². The standard InChI is InChI=1S/C14H26N4O/c1-4-7-8-16-14(15)17-10-12-9-13(18-19-12)11(5-2)6-3/h9,11H,4-8,10H2,1-3H3,(H3,15,16,17). The zero-order valence-corrected chi connectivity index (χ0v) is 12.3. The minimum Gasteiger partial charge on any atom is -0.370 e. The van der Waals surface area contributed by atoms with E-state index in [4.69, 9.17) is 10.3 Å². The Morgan fingerprint density at radius 2 is 2.16 bits per heavy atom. The molecule has 0 fully saturated rings. The molecule has 0 radical (unpaired) electrons. The summed E-state index contributed by atoms with van der Waals surface area (Å²) in [5.74, 6) is 1.71. The van der Waals surface area contributed by atoms with Crippen LogP contribution in [0.15, 0.2) is 15.6 Å². The summed E-state index contributed by atoms with van der Waals surface area (Å²) in [4.78, 5) is 4.24. The third-order valence-corrected chi connectivity index (χ3v) is 3.22. The van der Waals surface area contributed by atoms with Crippen molar-refractivity contribution in [3.05, 3.63) is 17.5 Å². The van der Waals surface area contributed by atoms with Gasteiger partial charge in [-0.15, -0.1) is 0 Å². The first-order chi connectivity index (χ1) is 9.21. The maximum absolute atomic E-state index is 5.76. The zero-order chi connectivity index (χ0) is 14.1. The SMILES string of the molecule is CCCCNC(N)=NCc1cc(C(CC)CC)no1. The highest BCUT2D eigenvalue weighted by Crippen LogP contribution is 2.22. The number of guanidine groups is 1. The molecule has 3 N–H and O–H groups in total. The van der Waals surface area contributed by atoms with E-state index in [-0.39, 0.29) is 0 Å². The highest BCUT2D eigenvalue weighted by molar-refractivity contribution is 5.77. The molecule has 1 aromatic heterocycles. The third kappa shape index (κ3) is 5.32. The lowest BCUT2D eigenvalue weighted by molar-refractivity contribution is 0.372. The molecule has 0 saturated heterocycles. The molecule has 0 atom stereocenters. The van der Waals surface area contributed by atoms with E-state index in [1.165, 1.54) is 0 Å². The van der Waals surface area contributed by atoms with Crippen LogP contribution in [0.5, 0.6) is 0 Å². The van der Waals surface area contributed by atoms with Crippen molar-refractivity contribution in [3.8, 4) is 0 Å². The van der Waals surface area contributed by atoms with E-state index in [1.807, 2.05) is 6.07 Å². The minimum absolute atomic E-state index is 0.443. The van der Waals surface area contributed by atoms with E-state index < -0.39 is 0 Å². The summed E-state index contributed by atoms with van der Waals surface area (Å²) in [7, 11) is 0. The molecule has 0 aliphatic heterocycles. The summed E-state index contributed by atoms with van der Waals surface area (Å²) in [6.45, 7) is 7.77. The fourth-order valence-corrected chi connectivity index (χ4v) is 1.92.